The maximum absolute atomic E-state index is 12.7. The third kappa shape index (κ3) is 3.39. The maximum Gasteiger partial charge on any atom is 0.226 e. The summed E-state index contributed by atoms with van der Waals surface area (Å²) < 4.78 is 0. The molecule has 2 heterocycles. The minimum atomic E-state index is -0.0452. The van der Waals surface area contributed by atoms with Gasteiger partial charge in [0.05, 0.1) is 11.4 Å². The van der Waals surface area contributed by atoms with Gasteiger partial charge in [-0.1, -0.05) is 12.1 Å². The van der Waals surface area contributed by atoms with Crippen LogP contribution in [0.1, 0.15) is 34.8 Å². The molecule has 0 saturated carbocycles. The van der Waals surface area contributed by atoms with Crippen LogP contribution in [0.25, 0.3) is 0 Å². The van der Waals surface area contributed by atoms with Crippen molar-refractivity contribution in [1.29, 1.82) is 0 Å². The van der Waals surface area contributed by atoms with Crippen molar-refractivity contribution in [1.82, 2.24) is 4.98 Å². The van der Waals surface area contributed by atoms with E-state index in [9.17, 15) is 9.59 Å². The lowest BCUT2D eigenvalue weighted by Gasteiger charge is -2.15. The average Bonchev–Trinajstić information content (AvgIpc) is 2.63. The van der Waals surface area contributed by atoms with Crippen molar-refractivity contribution in [3.63, 3.8) is 0 Å². The number of rotatable bonds is 3. The molecule has 2 N–H and O–H groups in total. The first-order valence-electron chi connectivity index (χ1n) is 7.66. The van der Waals surface area contributed by atoms with Crippen molar-refractivity contribution in [3.8, 4) is 0 Å². The number of amides is 1. The molecular formula is C18H19N3O2. The first-order chi connectivity index (χ1) is 11.0. The zero-order valence-electron chi connectivity index (χ0n) is 13.2. The van der Waals surface area contributed by atoms with Gasteiger partial charge in [0.2, 0.25) is 5.91 Å². The van der Waals surface area contributed by atoms with E-state index in [1.807, 2.05) is 26.0 Å². The number of aromatic nitrogens is 1. The summed E-state index contributed by atoms with van der Waals surface area (Å²) in [6, 6.07) is 7.33. The van der Waals surface area contributed by atoms with E-state index in [1.165, 1.54) is 0 Å². The predicted octanol–water partition coefficient (Wildman–Crippen LogP) is 2.96. The van der Waals surface area contributed by atoms with Crippen molar-refractivity contribution in [2.75, 3.05) is 10.6 Å². The molecule has 5 nitrogen and oxygen atoms in total. The summed E-state index contributed by atoms with van der Waals surface area (Å²) in [5.74, 6) is -0.0404. The quantitative estimate of drug-likeness (QED) is 0.855. The maximum atomic E-state index is 12.7. The van der Waals surface area contributed by atoms with E-state index >= 15 is 0 Å². The molecule has 118 valence electrons. The van der Waals surface area contributed by atoms with E-state index in [2.05, 4.69) is 15.6 Å². The fourth-order valence-corrected chi connectivity index (χ4v) is 2.82. The second kappa shape index (κ2) is 6.20. The monoisotopic (exact) mass is 309 g/mol. The summed E-state index contributed by atoms with van der Waals surface area (Å²) in [5, 5.41) is 6.13. The van der Waals surface area contributed by atoms with Crippen LogP contribution < -0.4 is 10.6 Å². The lowest BCUT2D eigenvalue weighted by atomic mass is 10.0. The van der Waals surface area contributed by atoms with Crippen LogP contribution in [0, 0.1) is 6.92 Å². The molecule has 1 aliphatic rings. The molecule has 0 bridgehead atoms. The van der Waals surface area contributed by atoms with Gasteiger partial charge in [-0.05, 0) is 37.1 Å². The lowest BCUT2D eigenvalue weighted by molar-refractivity contribution is -0.116. The van der Waals surface area contributed by atoms with Crippen LogP contribution in [-0.2, 0) is 11.2 Å². The highest BCUT2D eigenvalue weighted by Gasteiger charge is 2.22. The molecule has 23 heavy (non-hydrogen) atoms. The Morgan fingerprint density at radius 3 is 2.96 bits per heavy atom. The largest absolute Gasteiger partial charge is 0.380 e. The van der Waals surface area contributed by atoms with Crippen LogP contribution in [0.4, 0.5) is 11.4 Å². The molecule has 1 unspecified atom stereocenters. The summed E-state index contributed by atoms with van der Waals surface area (Å²) in [7, 11) is 0. The Morgan fingerprint density at radius 1 is 1.35 bits per heavy atom. The van der Waals surface area contributed by atoms with Gasteiger partial charge in [-0.2, -0.15) is 0 Å². The summed E-state index contributed by atoms with van der Waals surface area (Å²) in [6.45, 7) is 3.88. The predicted molar refractivity (Wildman–Crippen MR) is 89.8 cm³/mol. The molecule has 5 heteroatoms. The number of fused-ring (bicyclic) bond motifs is 1. The van der Waals surface area contributed by atoms with E-state index in [1.54, 1.807) is 24.5 Å². The number of carbonyl (C=O) groups is 2. The van der Waals surface area contributed by atoms with Crippen molar-refractivity contribution in [2.45, 2.75) is 32.7 Å². The first kappa shape index (κ1) is 15.2. The van der Waals surface area contributed by atoms with Crippen LogP contribution >= 0.6 is 0 Å². The van der Waals surface area contributed by atoms with Crippen LogP contribution in [0.2, 0.25) is 0 Å². The Kier molecular flexibility index (Phi) is 4.10. The number of hydrogen-bond donors (Lipinski definition) is 2. The van der Waals surface area contributed by atoms with Gasteiger partial charge < -0.3 is 10.6 Å². The molecule has 3 rings (SSSR count). The second-order valence-electron chi connectivity index (χ2n) is 6.00. The molecule has 0 saturated heterocycles. The molecule has 1 atom stereocenters. The Hall–Kier alpha value is -2.69. The van der Waals surface area contributed by atoms with E-state index in [4.69, 9.17) is 0 Å². The number of para-hydroxylation sites is 1. The SMILES string of the molecule is Cc1cncc(CC(=O)c2cccc3c2NC(C)CC(=O)N3)c1. The van der Waals surface area contributed by atoms with Gasteiger partial charge in [0, 0.05) is 36.8 Å². The summed E-state index contributed by atoms with van der Waals surface area (Å²) in [4.78, 5) is 28.7. The van der Waals surface area contributed by atoms with E-state index in [-0.39, 0.29) is 24.2 Å². The second-order valence-corrected chi connectivity index (χ2v) is 6.00. The van der Waals surface area contributed by atoms with Gasteiger partial charge >= 0.3 is 0 Å². The van der Waals surface area contributed by atoms with E-state index in [0.717, 1.165) is 11.1 Å². The molecule has 1 aromatic heterocycles. The highest BCUT2D eigenvalue weighted by Crippen LogP contribution is 2.30. The minimum Gasteiger partial charge on any atom is -0.380 e. The zero-order chi connectivity index (χ0) is 16.4. The topological polar surface area (TPSA) is 71.1 Å². The summed E-state index contributed by atoms with van der Waals surface area (Å²) in [6.07, 6.45) is 4.14. The Labute approximate surface area is 135 Å². The van der Waals surface area contributed by atoms with Gasteiger partial charge in [0.15, 0.2) is 5.78 Å². The van der Waals surface area contributed by atoms with E-state index < -0.39 is 0 Å². The fraction of sp³-hybridized carbons (Fsp3) is 0.278. The van der Waals surface area contributed by atoms with Crippen molar-refractivity contribution in [2.24, 2.45) is 0 Å². The minimum absolute atomic E-state index is 0.00472. The van der Waals surface area contributed by atoms with Crippen molar-refractivity contribution < 1.29 is 9.59 Å². The number of pyridine rings is 1. The number of ketones is 1. The highest BCUT2D eigenvalue weighted by molar-refractivity contribution is 6.07. The zero-order valence-corrected chi connectivity index (χ0v) is 13.2. The smallest absolute Gasteiger partial charge is 0.226 e. The van der Waals surface area contributed by atoms with Gasteiger partial charge in [-0.25, -0.2) is 0 Å². The molecule has 0 aliphatic carbocycles. The average molecular weight is 309 g/mol. The van der Waals surface area contributed by atoms with Crippen LogP contribution in [-0.4, -0.2) is 22.7 Å². The number of nitrogens with zero attached hydrogens (tertiary/aromatic N) is 1. The Morgan fingerprint density at radius 2 is 2.17 bits per heavy atom. The molecule has 1 amide bonds. The van der Waals surface area contributed by atoms with Crippen LogP contribution in [0.15, 0.2) is 36.7 Å². The van der Waals surface area contributed by atoms with Gasteiger partial charge in [0.1, 0.15) is 0 Å². The third-order valence-electron chi connectivity index (χ3n) is 3.82. The standard InChI is InChI=1S/C18H19N3O2/c1-11-6-13(10-19-9-11)8-16(22)14-4-3-5-15-18(14)20-12(2)7-17(23)21-15/h3-6,9-10,12,20H,7-8H2,1-2H3,(H,21,23). The number of hydrogen-bond acceptors (Lipinski definition) is 4. The van der Waals surface area contributed by atoms with Gasteiger partial charge in [0.25, 0.3) is 0 Å². The molecule has 0 fully saturated rings. The first-order valence-corrected chi connectivity index (χ1v) is 7.66. The summed E-state index contributed by atoms with van der Waals surface area (Å²) in [5.41, 5.74) is 3.88. The van der Waals surface area contributed by atoms with Crippen molar-refractivity contribution in [3.05, 3.63) is 53.3 Å². The number of Topliss-reactive ketones (excluding diaryl/α,β-unsaturated/α-hetero) is 1. The summed E-state index contributed by atoms with van der Waals surface area (Å²) >= 11 is 0. The van der Waals surface area contributed by atoms with Gasteiger partial charge in [-0.3, -0.25) is 14.6 Å². The molecule has 1 aliphatic heterocycles. The van der Waals surface area contributed by atoms with Crippen molar-refractivity contribution >= 4 is 23.1 Å². The Balaban J connectivity index is 1.92. The molecule has 1 aromatic carbocycles. The number of carbonyl (C=O) groups excluding carboxylic acids is 2. The van der Waals surface area contributed by atoms with Crippen LogP contribution in [0.3, 0.4) is 0 Å². The number of aryl methyl sites for hydroxylation is 1. The van der Waals surface area contributed by atoms with E-state index in [0.29, 0.717) is 23.4 Å². The lowest BCUT2D eigenvalue weighted by Crippen LogP contribution is -2.19. The number of anilines is 2. The fourth-order valence-electron chi connectivity index (χ4n) is 2.82. The van der Waals surface area contributed by atoms with Gasteiger partial charge in [-0.15, -0.1) is 0 Å². The highest BCUT2D eigenvalue weighted by atomic mass is 16.1. The third-order valence-corrected chi connectivity index (χ3v) is 3.82. The van der Waals surface area contributed by atoms with Crippen LogP contribution in [0.5, 0.6) is 0 Å². The molecular weight excluding hydrogens is 290 g/mol. The molecule has 0 spiro atoms. The number of benzene rings is 1. The number of nitrogens with one attached hydrogen (secondary N) is 2. The normalized spacial score (nSPS) is 16.8. The molecule has 2 aromatic rings. The molecule has 0 radical (unpaired) electrons. The Bertz CT molecular complexity index is 771.